The summed E-state index contributed by atoms with van der Waals surface area (Å²) in [5.74, 6) is 7.46. The number of hydrogen-bond acceptors (Lipinski definition) is 1. The second-order valence-corrected chi connectivity index (χ2v) is 3.53. The Morgan fingerprint density at radius 2 is 1.93 bits per heavy atom. The zero-order valence-corrected chi connectivity index (χ0v) is 9.71. The van der Waals surface area contributed by atoms with E-state index < -0.39 is 0 Å². The molecule has 0 saturated heterocycles. The largest absolute Gasteiger partial charge is 0.494 e. The zero-order chi connectivity index (χ0) is 11.1. The molecule has 1 rings (SSSR count). The molecule has 1 unspecified atom stereocenters. The predicted molar refractivity (Wildman–Crippen MR) is 64.1 cm³/mol. The fraction of sp³-hybridized carbons (Fsp3) is 0.429. The number of hydrogen-bond donors (Lipinski definition) is 0. The van der Waals surface area contributed by atoms with E-state index in [4.69, 9.17) is 4.74 Å². The highest BCUT2D eigenvalue weighted by Crippen LogP contribution is 2.21. The van der Waals surface area contributed by atoms with Gasteiger partial charge >= 0.3 is 0 Å². The third-order valence-corrected chi connectivity index (χ3v) is 2.35. The van der Waals surface area contributed by atoms with Gasteiger partial charge in [0, 0.05) is 6.42 Å². The quantitative estimate of drug-likeness (QED) is 0.678. The molecule has 0 N–H and O–H groups in total. The molecule has 1 aromatic rings. The first kappa shape index (κ1) is 11.7. The van der Waals surface area contributed by atoms with Gasteiger partial charge < -0.3 is 4.74 Å². The highest BCUT2D eigenvalue weighted by atomic mass is 16.5. The first-order chi connectivity index (χ1) is 7.27. The van der Waals surface area contributed by atoms with Crippen LogP contribution in [0.15, 0.2) is 24.3 Å². The smallest absolute Gasteiger partial charge is 0.119 e. The summed E-state index contributed by atoms with van der Waals surface area (Å²) in [5, 5.41) is 0. The number of rotatable bonds is 4. The summed E-state index contributed by atoms with van der Waals surface area (Å²) in [7, 11) is 0. The number of benzene rings is 1. The van der Waals surface area contributed by atoms with Gasteiger partial charge in [-0.05, 0) is 37.5 Å². The number of ether oxygens (including phenoxy) is 1. The van der Waals surface area contributed by atoms with E-state index in [9.17, 15) is 0 Å². The molecule has 0 aliphatic carbocycles. The van der Waals surface area contributed by atoms with Gasteiger partial charge in [-0.15, -0.1) is 11.8 Å². The maximum Gasteiger partial charge on any atom is 0.119 e. The first-order valence-electron chi connectivity index (χ1n) is 5.40. The highest BCUT2D eigenvalue weighted by Gasteiger charge is 2.03. The Morgan fingerprint density at radius 1 is 1.27 bits per heavy atom. The molecule has 0 heterocycles. The van der Waals surface area contributed by atoms with Gasteiger partial charge in [0.2, 0.25) is 0 Å². The maximum atomic E-state index is 5.39. The van der Waals surface area contributed by atoms with Crippen LogP contribution in [0.25, 0.3) is 0 Å². The van der Waals surface area contributed by atoms with Crippen LogP contribution in [0.1, 0.15) is 38.7 Å². The molecule has 0 amide bonds. The molecule has 0 spiro atoms. The third kappa shape index (κ3) is 3.67. The molecule has 0 saturated carbocycles. The molecule has 0 fully saturated rings. The summed E-state index contributed by atoms with van der Waals surface area (Å²) in [5.41, 5.74) is 1.32. The lowest BCUT2D eigenvalue weighted by atomic mass is 9.98. The molecule has 0 radical (unpaired) electrons. The Morgan fingerprint density at radius 3 is 2.47 bits per heavy atom. The van der Waals surface area contributed by atoms with Crippen molar-refractivity contribution in [2.75, 3.05) is 6.61 Å². The maximum absolute atomic E-state index is 5.39. The van der Waals surface area contributed by atoms with Crippen molar-refractivity contribution in [3.8, 4) is 17.6 Å². The normalized spacial score (nSPS) is 11.4. The molecule has 1 atom stereocenters. The van der Waals surface area contributed by atoms with E-state index in [0.29, 0.717) is 5.92 Å². The summed E-state index contributed by atoms with van der Waals surface area (Å²) in [4.78, 5) is 0. The topological polar surface area (TPSA) is 9.23 Å². The van der Waals surface area contributed by atoms with Crippen LogP contribution in [0.4, 0.5) is 0 Å². The fourth-order valence-corrected chi connectivity index (χ4v) is 1.43. The minimum Gasteiger partial charge on any atom is -0.494 e. The molecule has 0 bridgehead atoms. The molecule has 0 aromatic heterocycles. The monoisotopic (exact) mass is 202 g/mol. The van der Waals surface area contributed by atoms with Crippen LogP contribution in [-0.4, -0.2) is 6.61 Å². The van der Waals surface area contributed by atoms with Crippen LogP contribution in [0.3, 0.4) is 0 Å². The molecule has 0 aliphatic rings. The lowest BCUT2D eigenvalue weighted by Crippen LogP contribution is -1.94. The van der Waals surface area contributed by atoms with Crippen LogP contribution in [-0.2, 0) is 0 Å². The van der Waals surface area contributed by atoms with Crippen molar-refractivity contribution in [2.24, 2.45) is 0 Å². The Balaban J connectivity index is 2.64. The van der Waals surface area contributed by atoms with Gasteiger partial charge in [-0.3, -0.25) is 0 Å². The van der Waals surface area contributed by atoms with Crippen LogP contribution in [0.5, 0.6) is 5.75 Å². The second kappa shape index (κ2) is 6.14. The lowest BCUT2D eigenvalue weighted by Gasteiger charge is -2.09. The van der Waals surface area contributed by atoms with Crippen molar-refractivity contribution in [3.63, 3.8) is 0 Å². The lowest BCUT2D eigenvalue weighted by molar-refractivity contribution is 0.340. The highest BCUT2D eigenvalue weighted by molar-refractivity contribution is 5.29. The molecule has 1 heteroatoms. The van der Waals surface area contributed by atoms with Gasteiger partial charge in [0.25, 0.3) is 0 Å². The molecular formula is C14H18O. The van der Waals surface area contributed by atoms with Crippen molar-refractivity contribution in [1.29, 1.82) is 0 Å². The van der Waals surface area contributed by atoms with E-state index >= 15 is 0 Å². The van der Waals surface area contributed by atoms with Gasteiger partial charge in [0.05, 0.1) is 6.61 Å². The van der Waals surface area contributed by atoms with E-state index in [0.717, 1.165) is 18.8 Å². The minimum absolute atomic E-state index is 0.494. The van der Waals surface area contributed by atoms with Gasteiger partial charge in [-0.1, -0.05) is 19.1 Å². The SMILES string of the molecule is CC#CCC(C)c1ccc(OCC)cc1. The van der Waals surface area contributed by atoms with Gasteiger partial charge in [0.15, 0.2) is 0 Å². The molecule has 1 aromatic carbocycles. The summed E-state index contributed by atoms with van der Waals surface area (Å²) in [6.45, 7) is 6.79. The second-order valence-electron chi connectivity index (χ2n) is 3.53. The molecule has 15 heavy (non-hydrogen) atoms. The Kier molecular flexibility index (Phi) is 4.77. The Hall–Kier alpha value is -1.42. The van der Waals surface area contributed by atoms with Crippen LogP contribution in [0, 0.1) is 11.8 Å². The van der Waals surface area contributed by atoms with Crippen LogP contribution >= 0.6 is 0 Å². The van der Waals surface area contributed by atoms with Crippen LogP contribution < -0.4 is 4.74 Å². The molecular weight excluding hydrogens is 184 g/mol. The summed E-state index contributed by atoms with van der Waals surface area (Å²) in [6.07, 6.45) is 0.921. The predicted octanol–water partition coefficient (Wildman–Crippen LogP) is 3.60. The van der Waals surface area contributed by atoms with Crippen molar-refractivity contribution < 1.29 is 4.74 Å². The van der Waals surface area contributed by atoms with Gasteiger partial charge in [0.1, 0.15) is 5.75 Å². The van der Waals surface area contributed by atoms with Crippen molar-refractivity contribution in [1.82, 2.24) is 0 Å². The van der Waals surface area contributed by atoms with Gasteiger partial charge in [-0.25, -0.2) is 0 Å². The molecule has 1 nitrogen and oxygen atoms in total. The minimum atomic E-state index is 0.494. The average molecular weight is 202 g/mol. The zero-order valence-electron chi connectivity index (χ0n) is 9.71. The average Bonchev–Trinajstić information content (AvgIpc) is 2.27. The summed E-state index contributed by atoms with van der Waals surface area (Å²) < 4.78 is 5.39. The molecule has 0 aliphatic heterocycles. The van der Waals surface area contributed by atoms with E-state index in [-0.39, 0.29) is 0 Å². The molecule has 80 valence electrons. The van der Waals surface area contributed by atoms with Crippen LogP contribution in [0.2, 0.25) is 0 Å². The van der Waals surface area contributed by atoms with Crippen molar-refractivity contribution >= 4 is 0 Å². The van der Waals surface area contributed by atoms with E-state index in [2.05, 4.69) is 30.9 Å². The summed E-state index contributed by atoms with van der Waals surface area (Å²) >= 11 is 0. The Bertz CT molecular complexity index is 340. The summed E-state index contributed by atoms with van der Waals surface area (Å²) in [6, 6.07) is 8.28. The van der Waals surface area contributed by atoms with Crippen molar-refractivity contribution in [2.45, 2.75) is 33.1 Å². The standard InChI is InChI=1S/C14H18O/c1-4-6-7-12(3)13-8-10-14(11-9-13)15-5-2/h8-12H,5,7H2,1-3H3. The third-order valence-electron chi connectivity index (χ3n) is 2.35. The first-order valence-corrected chi connectivity index (χ1v) is 5.40. The van der Waals surface area contributed by atoms with E-state index in [1.807, 2.05) is 26.0 Å². The Labute approximate surface area is 92.5 Å². The van der Waals surface area contributed by atoms with Crippen molar-refractivity contribution in [3.05, 3.63) is 29.8 Å². The van der Waals surface area contributed by atoms with E-state index in [1.165, 1.54) is 5.56 Å². The van der Waals surface area contributed by atoms with Gasteiger partial charge in [-0.2, -0.15) is 0 Å². The fourth-order valence-electron chi connectivity index (χ4n) is 1.43. The van der Waals surface area contributed by atoms with E-state index in [1.54, 1.807) is 0 Å².